The maximum Gasteiger partial charge on any atom is 0.138 e. The van der Waals surface area contributed by atoms with E-state index in [0.717, 1.165) is 15.9 Å². The Balaban J connectivity index is 2.22. The maximum absolute atomic E-state index is 5.65. The minimum atomic E-state index is -0.0494. The molecule has 0 radical (unpaired) electrons. The van der Waals surface area contributed by atoms with Crippen LogP contribution in [0.15, 0.2) is 29.3 Å². The first-order valence-corrected chi connectivity index (χ1v) is 6.86. The summed E-state index contributed by atoms with van der Waals surface area (Å²) in [6, 6.07) is 2.22. The average molecular weight is 325 g/mol. The average Bonchev–Trinajstić information content (AvgIpc) is 2.84. The van der Waals surface area contributed by atoms with Crippen LogP contribution in [-0.2, 0) is 6.42 Å². The Labute approximate surface area is 120 Å². The third kappa shape index (κ3) is 3.37. The van der Waals surface area contributed by atoms with Gasteiger partial charge in [0.1, 0.15) is 12.2 Å². The molecule has 3 N–H and O–H groups in total. The summed E-state index contributed by atoms with van der Waals surface area (Å²) in [5.74, 6) is 6.55. The fourth-order valence-electron chi connectivity index (χ4n) is 1.93. The van der Waals surface area contributed by atoms with Crippen LogP contribution in [0.5, 0.6) is 0 Å². The van der Waals surface area contributed by atoms with Crippen LogP contribution in [0.3, 0.4) is 0 Å². The van der Waals surface area contributed by atoms with E-state index < -0.39 is 0 Å². The number of hydrogen-bond acceptors (Lipinski definition) is 5. The molecule has 0 fully saturated rings. The number of nitrogens with one attached hydrogen (secondary N) is 1. The van der Waals surface area contributed by atoms with E-state index in [1.54, 1.807) is 18.7 Å². The molecular weight excluding hydrogens is 308 g/mol. The van der Waals surface area contributed by atoms with Crippen LogP contribution in [0.4, 0.5) is 0 Å². The standard InChI is InChI=1S/C12H17BrN6/c1-8(2)19-12(16-7-17-19)4-11(18-14)9-3-10(13)6-15-5-9/h3,5-8,11,18H,4,14H2,1-2H3. The SMILES string of the molecule is CC(C)n1ncnc1CC(NN)c1cncc(Br)c1. The normalized spacial score (nSPS) is 12.9. The molecule has 0 saturated heterocycles. The molecule has 0 amide bonds. The summed E-state index contributed by atoms with van der Waals surface area (Å²) < 4.78 is 2.83. The first-order valence-electron chi connectivity index (χ1n) is 6.06. The van der Waals surface area contributed by atoms with Crippen molar-refractivity contribution in [2.24, 2.45) is 5.84 Å². The summed E-state index contributed by atoms with van der Waals surface area (Å²) in [4.78, 5) is 8.45. The van der Waals surface area contributed by atoms with Crippen LogP contribution in [0.2, 0.25) is 0 Å². The summed E-state index contributed by atoms with van der Waals surface area (Å²) in [6.45, 7) is 4.15. The predicted octanol–water partition coefficient (Wildman–Crippen LogP) is 1.76. The van der Waals surface area contributed by atoms with Gasteiger partial charge >= 0.3 is 0 Å². The predicted molar refractivity (Wildman–Crippen MR) is 76.1 cm³/mol. The highest BCUT2D eigenvalue weighted by Gasteiger charge is 2.16. The van der Waals surface area contributed by atoms with Gasteiger partial charge in [-0.3, -0.25) is 16.3 Å². The third-order valence-electron chi connectivity index (χ3n) is 2.85. The fraction of sp³-hybridized carbons (Fsp3) is 0.417. The zero-order valence-corrected chi connectivity index (χ0v) is 12.5. The summed E-state index contributed by atoms with van der Waals surface area (Å²) in [6.07, 6.45) is 5.77. The van der Waals surface area contributed by atoms with Crippen molar-refractivity contribution >= 4 is 15.9 Å². The zero-order valence-electron chi connectivity index (χ0n) is 10.9. The lowest BCUT2D eigenvalue weighted by atomic mass is 10.1. The van der Waals surface area contributed by atoms with E-state index in [0.29, 0.717) is 6.42 Å². The summed E-state index contributed by atoms with van der Waals surface area (Å²) in [7, 11) is 0. The minimum Gasteiger partial charge on any atom is -0.271 e. The fourth-order valence-corrected chi connectivity index (χ4v) is 2.31. The van der Waals surface area contributed by atoms with Crippen LogP contribution in [0, 0.1) is 0 Å². The Morgan fingerprint density at radius 1 is 1.42 bits per heavy atom. The van der Waals surface area contributed by atoms with Gasteiger partial charge in [-0.2, -0.15) is 5.10 Å². The van der Waals surface area contributed by atoms with E-state index in [2.05, 4.69) is 50.3 Å². The molecule has 0 spiro atoms. The molecule has 2 aromatic heterocycles. The topological polar surface area (TPSA) is 81.7 Å². The number of hydrazine groups is 1. The molecule has 2 aromatic rings. The molecule has 0 saturated carbocycles. The molecule has 0 aliphatic carbocycles. The summed E-state index contributed by atoms with van der Waals surface area (Å²) in [5, 5.41) is 4.23. The molecule has 7 heteroatoms. The largest absolute Gasteiger partial charge is 0.271 e. The lowest BCUT2D eigenvalue weighted by molar-refractivity contribution is 0.468. The van der Waals surface area contributed by atoms with Gasteiger partial charge in [0, 0.05) is 29.3 Å². The molecule has 1 atom stereocenters. The molecule has 1 unspecified atom stereocenters. The van der Waals surface area contributed by atoms with Gasteiger partial charge in [-0.25, -0.2) is 9.67 Å². The van der Waals surface area contributed by atoms with E-state index >= 15 is 0 Å². The highest BCUT2D eigenvalue weighted by molar-refractivity contribution is 9.10. The van der Waals surface area contributed by atoms with E-state index in [1.165, 1.54) is 0 Å². The lowest BCUT2D eigenvalue weighted by Crippen LogP contribution is -2.30. The molecule has 2 rings (SSSR count). The quantitative estimate of drug-likeness (QED) is 0.647. The van der Waals surface area contributed by atoms with Crippen molar-refractivity contribution in [1.29, 1.82) is 0 Å². The minimum absolute atomic E-state index is 0.0494. The van der Waals surface area contributed by atoms with Crippen molar-refractivity contribution < 1.29 is 0 Å². The van der Waals surface area contributed by atoms with Gasteiger partial charge in [0.05, 0.1) is 6.04 Å². The van der Waals surface area contributed by atoms with E-state index in [9.17, 15) is 0 Å². The van der Waals surface area contributed by atoms with Crippen LogP contribution < -0.4 is 11.3 Å². The number of nitrogens with zero attached hydrogens (tertiary/aromatic N) is 4. The van der Waals surface area contributed by atoms with Gasteiger partial charge < -0.3 is 0 Å². The van der Waals surface area contributed by atoms with Crippen molar-refractivity contribution in [3.05, 3.63) is 40.6 Å². The zero-order chi connectivity index (χ0) is 13.8. The second-order valence-electron chi connectivity index (χ2n) is 4.57. The number of pyridine rings is 1. The molecule has 0 aromatic carbocycles. The smallest absolute Gasteiger partial charge is 0.138 e. The Morgan fingerprint density at radius 2 is 2.21 bits per heavy atom. The second kappa shape index (κ2) is 6.23. The van der Waals surface area contributed by atoms with Crippen LogP contribution >= 0.6 is 15.9 Å². The molecule has 0 bridgehead atoms. The number of hydrogen-bond donors (Lipinski definition) is 2. The van der Waals surface area contributed by atoms with Gasteiger partial charge in [-0.05, 0) is 41.4 Å². The summed E-state index contributed by atoms with van der Waals surface area (Å²) >= 11 is 3.41. The van der Waals surface area contributed by atoms with Crippen molar-refractivity contribution in [3.8, 4) is 0 Å². The van der Waals surface area contributed by atoms with Crippen molar-refractivity contribution in [1.82, 2.24) is 25.2 Å². The lowest BCUT2D eigenvalue weighted by Gasteiger charge is -2.17. The van der Waals surface area contributed by atoms with Crippen LogP contribution in [-0.4, -0.2) is 19.7 Å². The Hall–Kier alpha value is -1.31. The van der Waals surface area contributed by atoms with Gasteiger partial charge in [0.2, 0.25) is 0 Å². The van der Waals surface area contributed by atoms with Gasteiger partial charge in [-0.15, -0.1) is 0 Å². The monoisotopic (exact) mass is 324 g/mol. The van der Waals surface area contributed by atoms with E-state index in [-0.39, 0.29) is 12.1 Å². The van der Waals surface area contributed by atoms with E-state index in [1.807, 2.05) is 10.7 Å². The number of nitrogens with two attached hydrogens (primary N) is 1. The number of aromatic nitrogens is 4. The van der Waals surface area contributed by atoms with Gasteiger partial charge in [0.15, 0.2) is 0 Å². The molecule has 2 heterocycles. The Bertz CT molecular complexity index is 539. The molecule has 102 valence electrons. The molecule has 6 nitrogen and oxygen atoms in total. The summed E-state index contributed by atoms with van der Waals surface area (Å²) in [5.41, 5.74) is 3.82. The van der Waals surface area contributed by atoms with Crippen molar-refractivity contribution in [2.45, 2.75) is 32.4 Å². The first kappa shape index (κ1) is 14.1. The Morgan fingerprint density at radius 3 is 2.84 bits per heavy atom. The first-order chi connectivity index (χ1) is 9.11. The van der Waals surface area contributed by atoms with Gasteiger partial charge in [0.25, 0.3) is 0 Å². The van der Waals surface area contributed by atoms with E-state index in [4.69, 9.17) is 5.84 Å². The molecular formula is C12H17BrN6. The van der Waals surface area contributed by atoms with Crippen molar-refractivity contribution in [2.75, 3.05) is 0 Å². The van der Waals surface area contributed by atoms with Crippen molar-refractivity contribution in [3.63, 3.8) is 0 Å². The highest BCUT2D eigenvalue weighted by Crippen LogP contribution is 2.20. The number of halogens is 1. The number of rotatable bonds is 5. The second-order valence-corrected chi connectivity index (χ2v) is 5.49. The highest BCUT2D eigenvalue weighted by atomic mass is 79.9. The Kier molecular flexibility index (Phi) is 4.62. The molecule has 19 heavy (non-hydrogen) atoms. The van der Waals surface area contributed by atoms with Crippen LogP contribution in [0.25, 0.3) is 0 Å². The van der Waals surface area contributed by atoms with Gasteiger partial charge in [-0.1, -0.05) is 0 Å². The third-order valence-corrected chi connectivity index (χ3v) is 3.29. The van der Waals surface area contributed by atoms with Crippen LogP contribution in [0.1, 0.15) is 37.3 Å². The maximum atomic E-state index is 5.65. The molecule has 0 aliphatic rings. The molecule has 0 aliphatic heterocycles.